The number of rotatable bonds is 2. The summed E-state index contributed by atoms with van der Waals surface area (Å²) in [4.78, 5) is 26.3. The highest BCUT2D eigenvalue weighted by Crippen LogP contribution is 2.70. The first-order valence-corrected chi connectivity index (χ1v) is 9.57. The number of carbonyl (C=O) groups is 2. The Kier molecular flexibility index (Phi) is 2.83. The molecule has 4 aliphatic rings. The summed E-state index contributed by atoms with van der Waals surface area (Å²) in [5.74, 6) is 2.19. The average Bonchev–Trinajstić information content (AvgIpc) is 2.93. The number of carbonyl (C=O) groups excluding carboxylic acids is 2. The largest absolute Gasteiger partial charge is 0.299 e. The first-order valence-electron chi connectivity index (χ1n) is 9.57. The second-order valence-electron chi connectivity index (χ2n) is 10.6. The summed E-state index contributed by atoms with van der Waals surface area (Å²) in [6.07, 6.45) is 5.28. The maximum atomic E-state index is 13.1. The van der Waals surface area contributed by atoms with Gasteiger partial charge in [0.2, 0.25) is 0 Å². The second kappa shape index (κ2) is 4.11. The Morgan fingerprint density at radius 3 is 1.35 bits per heavy atom. The standard InChI is InChI=1S/C21H32O2/c1-18(2)14-7-9-20(18,5)16(22)12(14)11-13-15-8-10-21(6,17(13)23)19(15,3)4/h12-15H,7-11H2,1-6H3/t12-,13+,14-,15-,20+,21-/m1/s1. The quantitative estimate of drug-likeness (QED) is 0.742. The van der Waals surface area contributed by atoms with Crippen LogP contribution < -0.4 is 0 Å². The summed E-state index contributed by atoms with van der Waals surface area (Å²) in [5.41, 5.74) is -0.0888. The van der Waals surface area contributed by atoms with Gasteiger partial charge in [-0.05, 0) is 54.8 Å². The van der Waals surface area contributed by atoms with Gasteiger partial charge in [-0.2, -0.15) is 0 Å². The molecule has 0 unspecified atom stereocenters. The molecular formula is C21H32O2. The maximum absolute atomic E-state index is 13.1. The van der Waals surface area contributed by atoms with Crippen LogP contribution in [-0.4, -0.2) is 11.6 Å². The highest BCUT2D eigenvalue weighted by molar-refractivity contribution is 5.94. The van der Waals surface area contributed by atoms with Crippen molar-refractivity contribution < 1.29 is 9.59 Å². The van der Waals surface area contributed by atoms with E-state index in [1.807, 2.05) is 0 Å². The molecule has 0 amide bonds. The van der Waals surface area contributed by atoms with Crippen LogP contribution in [0.5, 0.6) is 0 Å². The number of Topliss-reactive ketones (excluding diaryl/α,β-unsaturated/α-hetero) is 2. The zero-order valence-electron chi connectivity index (χ0n) is 15.7. The van der Waals surface area contributed by atoms with Crippen molar-refractivity contribution in [3.63, 3.8) is 0 Å². The zero-order chi connectivity index (χ0) is 17.0. The van der Waals surface area contributed by atoms with Crippen molar-refractivity contribution in [1.82, 2.24) is 0 Å². The molecule has 2 nitrogen and oxygen atoms in total. The lowest BCUT2D eigenvalue weighted by molar-refractivity contribution is -0.134. The SMILES string of the molecule is CC1(C)[C@@H]2CC[C@@]1(C)C(=O)[C@@H]2C[C@@H]1C(=O)[C@@]2(C)CC[C@H]1C2(C)C. The molecule has 4 rings (SSSR count). The van der Waals surface area contributed by atoms with Crippen molar-refractivity contribution in [3.8, 4) is 0 Å². The first kappa shape index (κ1) is 15.8. The normalized spacial score (nSPS) is 52.6. The number of ketones is 2. The van der Waals surface area contributed by atoms with Gasteiger partial charge >= 0.3 is 0 Å². The fourth-order valence-corrected chi connectivity index (χ4v) is 7.36. The van der Waals surface area contributed by atoms with Crippen LogP contribution in [0.4, 0.5) is 0 Å². The van der Waals surface area contributed by atoms with Crippen molar-refractivity contribution in [3.05, 3.63) is 0 Å². The lowest BCUT2D eigenvalue weighted by atomic mass is 9.70. The van der Waals surface area contributed by atoms with Gasteiger partial charge in [0.15, 0.2) is 0 Å². The number of fused-ring (bicyclic) bond motifs is 4. The Bertz CT molecular complexity index is 549. The predicted molar refractivity (Wildman–Crippen MR) is 90.8 cm³/mol. The van der Waals surface area contributed by atoms with Crippen molar-refractivity contribution >= 4 is 11.6 Å². The maximum Gasteiger partial charge on any atom is 0.142 e. The van der Waals surface area contributed by atoms with Gasteiger partial charge in [0, 0.05) is 22.7 Å². The van der Waals surface area contributed by atoms with Gasteiger partial charge in [0.1, 0.15) is 11.6 Å². The molecule has 0 aromatic carbocycles. The highest BCUT2D eigenvalue weighted by atomic mass is 16.1. The van der Waals surface area contributed by atoms with E-state index in [4.69, 9.17) is 0 Å². The van der Waals surface area contributed by atoms with Gasteiger partial charge in [0.25, 0.3) is 0 Å². The van der Waals surface area contributed by atoms with E-state index in [9.17, 15) is 9.59 Å². The molecule has 2 heteroatoms. The van der Waals surface area contributed by atoms with Gasteiger partial charge in [-0.25, -0.2) is 0 Å². The molecular weight excluding hydrogens is 284 g/mol. The van der Waals surface area contributed by atoms with Crippen molar-refractivity contribution in [1.29, 1.82) is 0 Å². The van der Waals surface area contributed by atoms with Crippen LogP contribution in [-0.2, 0) is 9.59 Å². The summed E-state index contributed by atoms with van der Waals surface area (Å²) in [6.45, 7) is 13.5. The van der Waals surface area contributed by atoms with E-state index in [2.05, 4.69) is 41.5 Å². The fourth-order valence-electron chi connectivity index (χ4n) is 7.36. The molecule has 0 saturated heterocycles. The minimum atomic E-state index is -0.150. The smallest absolute Gasteiger partial charge is 0.142 e. The van der Waals surface area contributed by atoms with Crippen LogP contribution in [0.15, 0.2) is 0 Å². The highest BCUT2D eigenvalue weighted by Gasteiger charge is 2.70. The third-order valence-electron chi connectivity index (χ3n) is 9.85. The summed E-state index contributed by atoms with van der Waals surface area (Å²) < 4.78 is 0. The topological polar surface area (TPSA) is 34.1 Å². The van der Waals surface area contributed by atoms with E-state index >= 15 is 0 Å². The van der Waals surface area contributed by atoms with Crippen molar-refractivity contribution in [2.24, 2.45) is 45.3 Å². The number of hydrogen-bond donors (Lipinski definition) is 0. The molecule has 0 N–H and O–H groups in total. The van der Waals surface area contributed by atoms with Crippen LogP contribution in [0.25, 0.3) is 0 Å². The molecule has 0 heterocycles. The Morgan fingerprint density at radius 2 is 1.09 bits per heavy atom. The molecule has 0 aliphatic heterocycles. The Morgan fingerprint density at radius 1 is 0.739 bits per heavy atom. The summed E-state index contributed by atoms with van der Waals surface area (Å²) in [6, 6.07) is 0. The third-order valence-corrected chi connectivity index (χ3v) is 9.85. The first-order chi connectivity index (χ1) is 10.5. The van der Waals surface area contributed by atoms with Gasteiger partial charge in [-0.15, -0.1) is 0 Å². The monoisotopic (exact) mass is 316 g/mol. The summed E-state index contributed by atoms with van der Waals surface area (Å²) in [5, 5.41) is 0. The molecule has 128 valence electrons. The van der Waals surface area contributed by atoms with Gasteiger partial charge < -0.3 is 0 Å². The lowest BCUT2D eigenvalue weighted by Gasteiger charge is -2.32. The molecule has 6 atom stereocenters. The molecule has 4 bridgehead atoms. The van der Waals surface area contributed by atoms with Crippen LogP contribution in [0.3, 0.4) is 0 Å². The van der Waals surface area contributed by atoms with E-state index in [0.717, 1.165) is 19.3 Å². The van der Waals surface area contributed by atoms with Crippen LogP contribution in [0.1, 0.15) is 73.6 Å². The zero-order valence-corrected chi connectivity index (χ0v) is 15.7. The average molecular weight is 316 g/mol. The van der Waals surface area contributed by atoms with Crippen molar-refractivity contribution in [2.75, 3.05) is 0 Å². The van der Waals surface area contributed by atoms with Gasteiger partial charge in [0.05, 0.1) is 0 Å². The van der Waals surface area contributed by atoms with E-state index in [-0.39, 0.29) is 33.5 Å². The molecule has 23 heavy (non-hydrogen) atoms. The lowest BCUT2D eigenvalue weighted by Crippen LogP contribution is -2.36. The van der Waals surface area contributed by atoms with Gasteiger partial charge in [-0.1, -0.05) is 41.5 Å². The van der Waals surface area contributed by atoms with E-state index < -0.39 is 0 Å². The van der Waals surface area contributed by atoms with Crippen LogP contribution in [0, 0.1) is 45.3 Å². The molecule has 4 fully saturated rings. The van der Waals surface area contributed by atoms with Crippen LogP contribution in [0.2, 0.25) is 0 Å². The summed E-state index contributed by atoms with van der Waals surface area (Å²) in [7, 11) is 0. The predicted octanol–water partition coefficient (Wildman–Crippen LogP) is 4.66. The minimum Gasteiger partial charge on any atom is -0.299 e. The molecule has 0 aromatic rings. The molecule has 4 saturated carbocycles. The fraction of sp³-hybridized carbons (Fsp3) is 0.905. The van der Waals surface area contributed by atoms with Crippen LogP contribution >= 0.6 is 0 Å². The second-order valence-corrected chi connectivity index (χ2v) is 10.6. The Balaban J connectivity index is 1.64. The Hall–Kier alpha value is -0.660. The Labute approximate surface area is 140 Å². The molecule has 4 aliphatic carbocycles. The molecule has 0 spiro atoms. The van der Waals surface area contributed by atoms with E-state index in [0.29, 0.717) is 23.4 Å². The van der Waals surface area contributed by atoms with Gasteiger partial charge in [-0.3, -0.25) is 9.59 Å². The van der Waals surface area contributed by atoms with E-state index in [1.165, 1.54) is 12.8 Å². The van der Waals surface area contributed by atoms with Crippen molar-refractivity contribution in [2.45, 2.75) is 73.6 Å². The third kappa shape index (κ3) is 1.48. The number of hydrogen-bond acceptors (Lipinski definition) is 2. The summed E-state index contributed by atoms with van der Waals surface area (Å²) >= 11 is 0. The minimum absolute atomic E-state index is 0.106. The molecule has 0 radical (unpaired) electrons. The van der Waals surface area contributed by atoms with E-state index in [1.54, 1.807) is 0 Å². The molecule has 0 aromatic heterocycles.